The smallest absolute Gasteiger partial charge is 0.00667 e. The summed E-state index contributed by atoms with van der Waals surface area (Å²) in [6, 6.07) is 17.8. The van der Waals surface area contributed by atoms with Crippen LogP contribution in [0.5, 0.6) is 0 Å². The van der Waals surface area contributed by atoms with Crippen molar-refractivity contribution in [3.05, 3.63) is 59.7 Å². The number of hydrogen-bond donors (Lipinski definition) is 0. The molecule has 2 aliphatic rings. The summed E-state index contributed by atoms with van der Waals surface area (Å²) in [5, 5.41) is 0. The highest BCUT2D eigenvalue weighted by Crippen LogP contribution is 2.54. The third-order valence-corrected chi connectivity index (χ3v) is 5.94. The highest BCUT2D eigenvalue weighted by molar-refractivity contribution is 5.41. The summed E-state index contributed by atoms with van der Waals surface area (Å²) in [6.07, 6.45) is 9.90. The lowest BCUT2D eigenvalue weighted by Crippen LogP contribution is -2.26. The van der Waals surface area contributed by atoms with Gasteiger partial charge in [-0.25, -0.2) is 0 Å². The Morgan fingerprint density at radius 2 is 1.32 bits per heavy atom. The van der Waals surface area contributed by atoms with E-state index in [2.05, 4.69) is 62.4 Å². The first kappa shape index (κ1) is 15.6. The van der Waals surface area contributed by atoms with Gasteiger partial charge in [-0.3, -0.25) is 0 Å². The van der Waals surface area contributed by atoms with Gasteiger partial charge in [0, 0.05) is 0 Å². The average molecular weight is 294 g/mol. The van der Waals surface area contributed by atoms with Gasteiger partial charge in [0.2, 0.25) is 0 Å². The van der Waals surface area contributed by atoms with Crippen LogP contribution in [0, 0.1) is 5.92 Å². The third kappa shape index (κ3) is 3.07. The normalized spacial score (nSPS) is 26.6. The SMILES string of the molecule is CC1(C)c2ccccccccc2C2CCCCCCCC21. The fourth-order valence-corrected chi connectivity index (χ4v) is 4.76. The van der Waals surface area contributed by atoms with Crippen LogP contribution in [0.15, 0.2) is 48.5 Å². The summed E-state index contributed by atoms with van der Waals surface area (Å²) >= 11 is 0. The summed E-state index contributed by atoms with van der Waals surface area (Å²) in [5.74, 6) is 1.58. The molecule has 118 valence electrons. The van der Waals surface area contributed by atoms with Gasteiger partial charge in [-0.15, -0.1) is 0 Å². The van der Waals surface area contributed by atoms with Crippen molar-refractivity contribution >= 4 is 0 Å². The zero-order valence-corrected chi connectivity index (χ0v) is 14.2. The molecule has 0 spiro atoms. The van der Waals surface area contributed by atoms with Crippen LogP contribution in [0.25, 0.3) is 0 Å². The zero-order chi connectivity index (χ0) is 15.4. The molecule has 0 heteroatoms. The van der Waals surface area contributed by atoms with Crippen molar-refractivity contribution in [2.45, 2.75) is 70.1 Å². The van der Waals surface area contributed by atoms with Gasteiger partial charge in [-0.1, -0.05) is 94.5 Å². The summed E-state index contributed by atoms with van der Waals surface area (Å²) < 4.78 is 0. The largest absolute Gasteiger partial charge is 0.0623 e. The van der Waals surface area contributed by atoms with Gasteiger partial charge in [-0.05, 0) is 41.2 Å². The summed E-state index contributed by atoms with van der Waals surface area (Å²) in [5.41, 5.74) is 3.51. The predicted octanol–water partition coefficient (Wildman–Crippen LogP) is 6.55. The van der Waals surface area contributed by atoms with Gasteiger partial charge in [0.05, 0.1) is 0 Å². The standard InChI is InChI=1S/C22H30/c1-22(2)20-16-12-8-4-3-6-10-14-18(20)19-15-11-7-5-9-13-17-21(19)22/h3-4,6,8,10,12,14,16,19,21H,5,7,9,11,13,15,17H2,1-2H3. The lowest BCUT2D eigenvalue weighted by Gasteiger charge is -2.31. The summed E-state index contributed by atoms with van der Waals surface area (Å²) in [6.45, 7) is 4.96. The van der Waals surface area contributed by atoms with Crippen LogP contribution in [0.2, 0.25) is 0 Å². The summed E-state index contributed by atoms with van der Waals surface area (Å²) in [7, 11) is 0. The minimum absolute atomic E-state index is 0.307. The lowest BCUT2D eigenvalue weighted by molar-refractivity contribution is 0.271. The van der Waals surface area contributed by atoms with E-state index < -0.39 is 0 Å². The van der Waals surface area contributed by atoms with Crippen LogP contribution in [0.4, 0.5) is 0 Å². The molecule has 0 bridgehead atoms. The Labute approximate surface area is 136 Å². The minimum atomic E-state index is 0.307. The molecule has 3 rings (SSSR count). The van der Waals surface area contributed by atoms with E-state index in [0.29, 0.717) is 5.41 Å². The molecule has 0 amide bonds. The second-order valence-corrected chi connectivity index (χ2v) is 7.64. The molecule has 22 heavy (non-hydrogen) atoms. The van der Waals surface area contributed by atoms with Crippen molar-refractivity contribution in [1.29, 1.82) is 0 Å². The molecule has 0 nitrogen and oxygen atoms in total. The molecular formula is C22H30. The number of rotatable bonds is 0. The molecule has 1 fully saturated rings. The maximum Gasteiger partial charge on any atom is -0.00667 e. The highest BCUT2D eigenvalue weighted by atomic mass is 14.5. The first-order chi connectivity index (χ1) is 10.7. The van der Waals surface area contributed by atoms with E-state index in [0.717, 1.165) is 11.8 Å². The van der Waals surface area contributed by atoms with Crippen LogP contribution in [-0.4, -0.2) is 0 Å². The highest BCUT2D eigenvalue weighted by Gasteiger charge is 2.44. The van der Waals surface area contributed by atoms with Gasteiger partial charge in [0.25, 0.3) is 0 Å². The van der Waals surface area contributed by atoms with Crippen LogP contribution in [0.3, 0.4) is 0 Å². The molecule has 2 unspecified atom stereocenters. The van der Waals surface area contributed by atoms with E-state index >= 15 is 0 Å². The van der Waals surface area contributed by atoms with Gasteiger partial charge in [0.15, 0.2) is 0 Å². The Kier molecular flexibility index (Phi) is 4.86. The number of fused-ring (bicyclic) bond motifs is 3. The van der Waals surface area contributed by atoms with Crippen LogP contribution < -0.4 is 0 Å². The maximum atomic E-state index is 2.48. The van der Waals surface area contributed by atoms with E-state index in [1.165, 1.54) is 44.9 Å². The van der Waals surface area contributed by atoms with Crippen molar-refractivity contribution in [2.24, 2.45) is 5.92 Å². The molecule has 0 aliphatic heterocycles. The van der Waals surface area contributed by atoms with Crippen LogP contribution >= 0.6 is 0 Å². The van der Waals surface area contributed by atoms with Crippen molar-refractivity contribution in [3.8, 4) is 0 Å². The average Bonchev–Trinajstić information content (AvgIpc) is 2.78. The number of hydrogen-bond acceptors (Lipinski definition) is 0. The van der Waals surface area contributed by atoms with Crippen LogP contribution in [0.1, 0.15) is 75.8 Å². The lowest BCUT2D eigenvalue weighted by atomic mass is 9.73. The minimum Gasteiger partial charge on any atom is -0.0623 e. The Balaban J connectivity index is 2.10. The fourth-order valence-electron chi connectivity index (χ4n) is 4.76. The zero-order valence-electron chi connectivity index (χ0n) is 14.2. The molecule has 0 heterocycles. The summed E-state index contributed by atoms with van der Waals surface area (Å²) in [4.78, 5) is 0. The Hall–Kier alpha value is -1.30. The maximum absolute atomic E-state index is 2.48. The fraction of sp³-hybridized carbons (Fsp3) is 0.545. The van der Waals surface area contributed by atoms with E-state index in [1.54, 1.807) is 11.1 Å². The van der Waals surface area contributed by atoms with Gasteiger partial charge >= 0.3 is 0 Å². The molecule has 0 aromatic heterocycles. The molecule has 1 aromatic carbocycles. The predicted molar refractivity (Wildman–Crippen MR) is 95.6 cm³/mol. The van der Waals surface area contributed by atoms with Gasteiger partial charge in [0.1, 0.15) is 0 Å². The molecule has 2 aliphatic carbocycles. The third-order valence-electron chi connectivity index (χ3n) is 5.94. The van der Waals surface area contributed by atoms with Gasteiger partial charge < -0.3 is 0 Å². The first-order valence-corrected chi connectivity index (χ1v) is 9.14. The Morgan fingerprint density at radius 1 is 0.727 bits per heavy atom. The van der Waals surface area contributed by atoms with E-state index in [-0.39, 0.29) is 0 Å². The van der Waals surface area contributed by atoms with Crippen molar-refractivity contribution in [1.82, 2.24) is 0 Å². The molecular weight excluding hydrogens is 264 g/mol. The van der Waals surface area contributed by atoms with Crippen molar-refractivity contribution in [3.63, 3.8) is 0 Å². The first-order valence-electron chi connectivity index (χ1n) is 9.14. The second-order valence-electron chi connectivity index (χ2n) is 7.64. The van der Waals surface area contributed by atoms with Gasteiger partial charge in [-0.2, -0.15) is 0 Å². The molecule has 1 aromatic rings. The molecule has 2 atom stereocenters. The molecule has 0 N–H and O–H groups in total. The molecule has 0 saturated heterocycles. The quantitative estimate of drug-likeness (QED) is 0.509. The molecule has 1 saturated carbocycles. The Morgan fingerprint density at radius 3 is 2.09 bits per heavy atom. The molecule has 0 radical (unpaired) electrons. The Bertz CT molecular complexity index is 554. The van der Waals surface area contributed by atoms with E-state index in [1.807, 2.05) is 0 Å². The van der Waals surface area contributed by atoms with E-state index in [4.69, 9.17) is 0 Å². The van der Waals surface area contributed by atoms with E-state index in [9.17, 15) is 0 Å². The monoisotopic (exact) mass is 294 g/mol. The van der Waals surface area contributed by atoms with Crippen LogP contribution in [-0.2, 0) is 5.41 Å². The van der Waals surface area contributed by atoms with Crippen molar-refractivity contribution < 1.29 is 0 Å². The second kappa shape index (κ2) is 6.86. The topological polar surface area (TPSA) is 0 Å². The van der Waals surface area contributed by atoms with Crippen molar-refractivity contribution in [2.75, 3.05) is 0 Å².